The molecule has 0 spiro atoms. The topological polar surface area (TPSA) is 98.9 Å². The van der Waals surface area contributed by atoms with Crippen molar-refractivity contribution in [2.45, 2.75) is 32.9 Å². The number of amides is 1. The van der Waals surface area contributed by atoms with E-state index in [-0.39, 0.29) is 24.3 Å². The highest BCUT2D eigenvalue weighted by molar-refractivity contribution is 6.31. The average Bonchev–Trinajstić information content (AvgIpc) is 2.81. The number of carbonyl (C=O) groups is 1. The van der Waals surface area contributed by atoms with Gasteiger partial charge in [-0.1, -0.05) is 55.8 Å². The molecule has 9 heteroatoms. The van der Waals surface area contributed by atoms with Gasteiger partial charge in [0.05, 0.1) is 6.54 Å². The van der Waals surface area contributed by atoms with Crippen LogP contribution < -0.4 is 16.6 Å². The molecule has 0 radical (unpaired) electrons. The number of halogens is 1. The molecule has 1 N–H and O–H groups in total. The number of rotatable bonds is 6. The Labute approximate surface area is 194 Å². The van der Waals surface area contributed by atoms with Gasteiger partial charge in [-0.3, -0.25) is 18.7 Å². The largest absolute Gasteiger partial charge is 0.333 e. The van der Waals surface area contributed by atoms with Crippen molar-refractivity contribution in [1.29, 1.82) is 0 Å². The maximum absolute atomic E-state index is 13.3. The SMILES string of the molecule is CC(C)c1ccc(NC(=O)Cn2c(=O)n(Cc3ccccc3Cl)c(=O)c3nccnc32)cc1. The summed E-state index contributed by atoms with van der Waals surface area (Å²) in [4.78, 5) is 47.3. The summed E-state index contributed by atoms with van der Waals surface area (Å²) in [5.41, 5.74) is 1.14. The molecule has 2 aromatic carbocycles. The number of anilines is 1. The van der Waals surface area contributed by atoms with E-state index in [1.165, 1.54) is 12.4 Å². The molecule has 0 saturated heterocycles. The van der Waals surface area contributed by atoms with Crippen molar-refractivity contribution in [3.05, 3.63) is 97.9 Å². The predicted octanol–water partition coefficient (Wildman–Crippen LogP) is 3.42. The molecule has 0 atom stereocenters. The second-order valence-corrected chi connectivity index (χ2v) is 8.31. The minimum absolute atomic E-state index is 0.00163. The molecular weight excluding hydrogens is 442 g/mol. The monoisotopic (exact) mass is 463 g/mol. The molecular formula is C24H22ClN5O3. The summed E-state index contributed by atoms with van der Waals surface area (Å²) in [7, 11) is 0. The Balaban J connectivity index is 1.71. The number of hydrogen-bond acceptors (Lipinski definition) is 5. The summed E-state index contributed by atoms with van der Waals surface area (Å²) in [6.07, 6.45) is 2.74. The summed E-state index contributed by atoms with van der Waals surface area (Å²) in [5, 5.41) is 3.21. The fourth-order valence-corrected chi connectivity index (χ4v) is 3.70. The first-order chi connectivity index (χ1) is 15.8. The van der Waals surface area contributed by atoms with Crippen molar-refractivity contribution in [3.63, 3.8) is 0 Å². The van der Waals surface area contributed by atoms with Gasteiger partial charge in [-0.2, -0.15) is 0 Å². The van der Waals surface area contributed by atoms with Crippen LogP contribution in [0.5, 0.6) is 0 Å². The number of hydrogen-bond donors (Lipinski definition) is 1. The highest BCUT2D eigenvalue weighted by atomic mass is 35.5. The number of aromatic nitrogens is 4. The van der Waals surface area contributed by atoms with Crippen molar-refractivity contribution in [3.8, 4) is 0 Å². The highest BCUT2D eigenvalue weighted by Gasteiger charge is 2.18. The lowest BCUT2D eigenvalue weighted by Crippen LogP contribution is -2.42. The van der Waals surface area contributed by atoms with E-state index in [1.54, 1.807) is 24.3 Å². The van der Waals surface area contributed by atoms with Gasteiger partial charge in [0.1, 0.15) is 6.54 Å². The smallest absolute Gasteiger partial charge is 0.325 e. The Morgan fingerprint density at radius 2 is 1.70 bits per heavy atom. The van der Waals surface area contributed by atoms with E-state index in [2.05, 4.69) is 29.1 Å². The number of carbonyl (C=O) groups excluding carboxylic acids is 1. The van der Waals surface area contributed by atoms with Crippen molar-refractivity contribution in [2.24, 2.45) is 0 Å². The zero-order valence-electron chi connectivity index (χ0n) is 18.2. The second-order valence-electron chi connectivity index (χ2n) is 7.90. The number of nitrogens with zero attached hydrogens (tertiary/aromatic N) is 4. The Morgan fingerprint density at radius 1 is 1.00 bits per heavy atom. The number of benzene rings is 2. The highest BCUT2D eigenvalue weighted by Crippen LogP contribution is 2.17. The van der Waals surface area contributed by atoms with Gasteiger partial charge < -0.3 is 5.32 Å². The fourth-order valence-electron chi connectivity index (χ4n) is 3.50. The van der Waals surface area contributed by atoms with Gasteiger partial charge in [0, 0.05) is 23.1 Å². The molecule has 4 aromatic rings. The predicted molar refractivity (Wildman–Crippen MR) is 128 cm³/mol. The van der Waals surface area contributed by atoms with Gasteiger partial charge in [-0.05, 0) is 35.2 Å². The van der Waals surface area contributed by atoms with Gasteiger partial charge in [-0.15, -0.1) is 0 Å². The van der Waals surface area contributed by atoms with Crippen molar-refractivity contribution in [2.75, 3.05) is 5.32 Å². The first-order valence-corrected chi connectivity index (χ1v) is 10.8. The van der Waals surface area contributed by atoms with Crippen LogP contribution in [-0.4, -0.2) is 25.0 Å². The molecule has 0 unspecified atom stereocenters. The minimum Gasteiger partial charge on any atom is -0.325 e. The van der Waals surface area contributed by atoms with Crippen molar-refractivity contribution >= 4 is 34.4 Å². The molecule has 2 aromatic heterocycles. The molecule has 0 aliphatic carbocycles. The minimum atomic E-state index is -0.668. The van der Waals surface area contributed by atoms with E-state index < -0.39 is 17.2 Å². The Hall–Kier alpha value is -3.78. The molecule has 0 bridgehead atoms. The number of fused-ring (bicyclic) bond motifs is 1. The van der Waals surface area contributed by atoms with Crippen LogP contribution in [-0.2, 0) is 17.9 Å². The zero-order valence-corrected chi connectivity index (χ0v) is 18.9. The lowest BCUT2D eigenvalue weighted by Gasteiger charge is -2.14. The van der Waals surface area contributed by atoms with E-state index >= 15 is 0 Å². The third-order valence-electron chi connectivity index (χ3n) is 5.29. The Bertz CT molecular complexity index is 1440. The van der Waals surface area contributed by atoms with Crippen LogP contribution in [0.3, 0.4) is 0 Å². The van der Waals surface area contributed by atoms with Crippen LogP contribution in [0.4, 0.5) is 5.69 Å². The van der Waals surface area contributed by atoms with Crippen molar-refractivity contribution < 1.29 is 4.79 Å². The van der Waals surface area contributed by atoms with Gasteiger partial charge in [0.25, 0.3) is 5.56 Å². The second kappa shape index (κ2) is 9.38. The van der Waals surface area contributed by atoms with E-state index in [9.17, 15) is 14.4 Å². The molecule has 0 aliphatic rings. The molecule has 8 nitrogen and oxygen atoms in total. The van der Waals surface area contributed by atoms with Crippen LogP contribution in [0.15, 0.2) is 70.5 Å². The third-order valence-corrected chi connectivity index (χ3v) is 5.66. The molecule has 2 heterocycles. The zero-order chi connectivity index (χ0) is 23.5. The lowest BCUT2D eigenvalue weighted by atomic mass is 10.0. The van der Waals surface area contributed by atoms with E-state index in [4.69, 9.17) is 11.6 Å². The summed E-state index contributed by atoms with van der Waals surface area (Å²) < 4.78 is 2.17. The van der Waals surface area contributed by atoms with E-state index in [0.29, 0.717) is 22.2 Å². The average molecular weight is 464 g/mol. The molecule has 168 valence electrons. The first kappa shape index (κ1) is 22.4. The third kappa shape index (κ3) is 4.70. The van der Waals surface area contributed by atoms with Crippen LogP contribution >= 0.6 is 11.6 Å². The Kier molecular flexibility index (Phi) is 6.37. The van der Waals surface area contributed by atoms with E-state index in [0.717, 1.165) is 14.7 Å². The molecule has 33 heavy (non-hydrogen) atoms. The lowest BCUT2D eigenvalue weighted by molar-refractivity contribution is -0.116. The molecule has 4 rings (SSSR count). The fraction of sp³-hybridized carbons (Fsp3) is 0.208. The van der Waals surface area contributed by atoms with Gasteiger partial charge in [-0.25, -0.2) is 14.8 Å². The standard InChI is InChI=1S/C24H22ClN5O3/c1-15(2)16-7-9-18(10-8-16)28-20(31)14-29-22-21(26-11-12-27-22)23(32)30(24(29)33)13-17-5-3-4-6-19(17)25/h3-12,15H,13-14H2,1-2H3,(H,28,31). The molecule has 0 fully saturated rings. The first-order valence-electron chi connectivity index (χ1n) is 10.4. The van der Waals surface area contributed by atoms with Crippen molar-refractivity contribution in [1.82, 2.24) is 19.1 Å². The maximum atomic E-state index is 13.3. The summed E-state index contributed by atoms with van der Waals surface area (Å²) in [6.45, 7) is 3.79. The van der Waals surface area contributed by atoms with Gasteiger partial charge in [0.15, 0.2) is 11.2 Å². The van der Waals surface area contributed by atoms with Crippen LogP contribution in [0.25, 0.3) is 11.2 Å². The normalized spacial score (nSPS) is 11.2. The van der Waals surface area contributed by atoms with Crippen LogP contribution in [0.2, 0.25) is 5.02 Å². The summed E-state index contributed by atoms with van der Waals surface area (Å²) >= 11 is 6.23. The summed E-state index contributed by atoms with van der Waals surface area (Å²) in [5.74, 6) is -0.0540. The van der Waals surface area contributed by atoms with Gasteiger partial charge >= 0.3 is 5.69 Å². The maximum Gasteiger partial charge on any atom is 0.333 e. The Morgan fingerprint density at radius 3 is 2.39 bits per heavy atom. The van der Waals surface area contributed by atoms with Crippen LogP contribution in [0.1, 0.15) is 30.9 Å². The molecule has 0 aliphatic heterocycles. The molecule has 1 amide bonds. The quantitative estimate of drug-likeness (QED) is 0.472. The van der Waals surface area contributed by atoms with E-state index in [1.807, 2.05) is 24.3 Å². The van der Waals surface area contributed by atoms with Gasteiger partial charge in [0.2, 0.25) is 5.91 Å². The summed E-state index contributed by atoms with van der Waals surface area (Å²) in [6, 6.07) is 14.4. The number of nitrogens with one attached hydrogen (secondary N) is 1. The van der Waals surface area contributed by atoms with Crippen LogP contribution in [0, 0.1) is 0 Å². The molecule has 0 saturated carbocycles.